The summed E-state index contributed by atoms with van der Waals surface area (Å²) >= 11 is 3.37. The summed E-state index contributed by atoms with van der Waals surface area (Å²) in [6, 6.07) is 1.83. The van der Waals surface area contributed by atoms with Gasteiger partial charge in [0, 0.05) is 30.8 Å². The number of rotatable bonds is 2. The fourth-order valence-corrected chi connectivity index (χ4v) is 2.62. The Bertz CT molecular complexity index is 478. The van der Waals surface area contributed by atoms with Crippen molar-refractivity contribution < 1.29 is 4.79 Å². The molecule has 1 aliphatic rings. The van der Waals surface area contributed by atoms with Crippen LogP contribution in [-0.2, 0) is 0 Å². The highest BCUT2D eigenvalue weighted by molar-refractivity contribution is 9.10. The van der Waals surface area contributed by atoms with Crippen LogP contribution in [0.4, 0.5) is 5.82 Å². The second-order valence-electron chi connectivity index (χ2n) is 5.76. The van der Waals surface area contributed by atoms with Crippen LogP contribution in [0.1, 0.15) is 37.0 Å². The van der Waals surface area contributed by atoms with Gasteiger partial charge in [-0.15, -0.1) is 0 Å². The van der Waals surface area contributed by atoms with Gasteiger partial charge in [0.05, 0.1) is 5.56 Å². The van der Waals surface area contributed by atoms with Gasteiger partial charge in [-0.1, -0.05) is 13.8 Å². The van der Waals surface area contributed by atoms with E-state index in [1.165, 1.54) is 0 Å². The zero-order chi connectivity index (χ0) is 14.0. The number of halogens is 1. The molecule has 0 aromatic carbocycles. The summed E-state index contributed by atoms with van der Waals surface area (Å²) in [6.45, 7) is 6.16. The van der Waals surface area contributed by atoms with Gasteiger partial charge < -0.3 is 10.2 Å². The first-order valence-corrected chi connectivity index (χ1v) is 7.35. The second kappa shape index (κ2) is 5.49. The molecule has 2 rings (SSSR count). The van der Waals surface area contributed by atoms with E-state index in [1.807, 2.05) is 11.0 Å². The van der Waals surface area contributed by atoms with Gasteiger partial charge in [-0.25, -0.2) is 4.98 Å². The number of pyridine rings is 1. The molecule has 0 bridgehead atoms. The summed E-state index contributed by atoms with van der Waals surface area (Å²) in [5.41, 5.74) is 0.981. The summed E-state index contributed by atoms with van der Waals surface area (Å²) in [6.07, 6.45) is 3.80. The van der Waals surface area contributed by atoms with Crippen molar-refractivity contribution in [1.29, 1.82) is 0 Å². The first-order valence-electron chi connectivity index (χ1n) is 6.55. The highest BCUT2D eigenvalue weighted by atomic mass is 79.9. The number of anilines is 1. The predicted molar refractivity (Wildman–Crippen MR) is 80.4 cm³/mol. The quantitative estimate of drug-likeness (QED) is 0.908. The summed E-state index contributed by atoms with van der Waals surface area (Å²) in [5, 5.41) is 2.98. The smallest absolute Gasteiger partial charge is 0.257 e. The van der Waals surface area contributed by atoms with Gasteiger partial charge in [0.1, 0.15) is 5.82 Å². The molecule has 0 saturated carbocycles. The highest BCUT2D eigenvalue weighted by Gasteiger charge is 2.29. The monoisotopic (exact) mass is 325 g/mol. The van der Waals surface area contributed by atoms with Crippen LogP contribution in [-0.4, -0.2) is 35.9 Å². The number of nitrogens with one attached hydrogen (secondary N) is 1. The maximum Gasteiger partial charge on any atom is 0.257 e. The van der Waals surface area contributed by atoms with Crippen molar-refractivity contribution >= 4 is 27.7 Å². The van der Waals surface area contributed by atoms with Crippen LogP contribution >= 0.6 is 15.9 Å². The Morgan fingerprint density at radius 2 is 2.05 bits per heavy atom. The highest BCUT2D eigenvalue weighted by Crippen LogP contribution is 2.31. The van der Waals surface area contributed by atoms with Gasteiger partial charge in [-0.3, -0.25) is 4.79 Å². The molecule has 0 spiro atoms. The lowest BCUT2D eigenvalue weighted by atomic mass is 9.82. The number of amides is 1. The Kier molecular flexibility index (Phi) is 4.13. The molecule has 0 aliphatic carbocycles. The average Bonchev–Trinajstić information content (AvgIpc) is 2.38. The third-order valence-corrected chi connectivity index (χ3v) is 4.16. The predicted octanol–water partition coefficient (Wildman–Crippen LogP) is 3.15. The summed E-state index contributed by atoms with van der Waals surface area (Å²) < 4.78 is 0.826. The summed E-state index contributed by atoms with van der Waals surface area (Å²) in [5.74, 6) is 0.701. The molecule has 1 aliphatic heterocycles. The molecule has 19 heavy (non-hydrogen) atoms. The number of hydrogen-bond acceptors (Lipinski definition) is 3. The fourth-order valence-electron chi connectivity index (χ4n) is 2.29. The molecule has 1 aromatic heterocycles. The van der Waals surface area contributed by atoms with Gasteiger partial charge in [0.2, 0.25) is 0 Å². The zero-order valence-electron chi connectivity index (χ0n) is 11.7. The van der Waals surface area contributed by atoms with Crippen LogP contribution in [0.3, 0.4) is 0 Å². The van der Waals surface area contributed by atoms with E-state index in [0.717, 1.165) is 30.4 Å². The van der Waals surface area contributed by atoms with Crippen molar-refractivity contribution in [2.45, 2.75) is 26.7 Å². The molecule has 1 N–H and O–H groups in total. The molecule has 1 fully saturated rings. The molecule has 5 heteroatoms. The van der Waals surface area contributed by atoms with Gasteiger partial charge >= 0.3 is 0 Å². The van der Waals surface area contributed by atoms with Crippen molar-refractivity contribution in [2.75, 3.05) is 25.5 Å². The lowest BCUT2D eigenvalue weighted by Gasteiger charge is -2.37. The van der Waals surface area contributed by atoms with E-state index in [1.54, 1.807) is 13.2 Å². The van der Waals surface area contributed by atoms with E-state index in [-0.39, 0.29) is 5.91 Å². The lowest BCUT2D eigenvalue weighted by molar-refractivity contribution is 0.0631. The summed E-state index contributed by atoms with van der Waals surface area (Å²) in [4.78, 5) is 18.7. The Morgan fingerprint density at radius 1 is 1.42 bits per heavy atom. The topological polar surface area (TPSA) is 45.2 Å². The Hall–Kier alpha value is -1.10. The maximum absolute atomic E-state index is 12.6. The number of likely N-dealkylation sites (tertiary alicyclic amines) is 1. The molecule has 2 heterocycles. The SMILES string of the molecule is CNc1ncc(Br)cc1C(=O)N1CCC(C)(C)CC1. The maximum atomic E-state index is 12.6. The van der Waals surface area contributed by atoms with E-state index in [9.17, 15) is 4.79 Å². The molecule has 1 saturated heterocycles. The third-order valence-electron chi connectivity index (χ3n) is 3.73. The lowest BCUT2D eigenvalue weighted by Crippen LogP contribution is -2.41. The van der Waals surface area contributed by atoms with Crippen LogP contribution in [0.5, 0.6) is 0 Å². The van der Waals surface area contributed by atoms with Gasteiger partial charge in [-0.05, 0) is 40.3 Å². The minimum absolute atomic E-state index is 0.0636. The number of nitrogens with zero attached hydrogens (tertiary/aromatic N) is 2. The van der Waals surface area contributed by atoms with E-state index in [4.69, 9.17) is 0 Å². The molecule has 0 unspecified atom stereocenters. The van der Waals surface area contributed by atoms with Gasteiger partial charge in [0.25, 0.3) is 5.91 Å². The Labute approximate surface area is 122 Å². The first kappa shape index (κ1) is 14.3. The van der Waals surface area contributed by atoms with Crippen molar-refractivity contribution in [3.05, 3.63) is 22.3 Å². The molecular weight excluding hydrogens is 306 g/mol. The standard InChI is InChI=1S/C14H20BrN3O/c1-14(2)4-6-18(7-5-14)13(19)11-8-10(15)9-17-12(11)16-3/h8-9H,4-7H2,1-3H3,(H,16,17). The molecule has 0 atom stereocenters. The van der Waals surface area contributed by atoms with Crippen LogP contribution < -0.4 is 5.32 Å². The van der Waals surface area contributed by atoms with E-state index in [0.29, 0.717) is 16.8 Å². The van der Waals surface area contributed by atoms with Crippen molar-refractivity contribution in [3.63, 3.8) is 0 Å². The Morgan fingerprint density at radius 3 is 2.63 bits per heavy atom. The largest absolute Gasteiger partial charge is 0.372 e. The number of carbonyl (C=O) groups is 1. The number of hydrogen-bond donors (Lipinski definition) is 1. The van der Waals surface area contributed by atoms with Crippen molar-refractivity contribution in [3.8, 4) is 0 Å². The molecule has 104 valence electrons. The van der Waals surface area contributed by atoms with Crippen LogP contribution in [0.25, 0.3) is 0 Å². The van der Waals surface area contributed by atoms with Crippen LogP contribution in [0.2, 0.25) is 0 Å². The average molecular weight is 326 g/mol. The fraction of sp³-hybridized carbons (Fsp3) is 0.571. The molecular formula is C14H20BrN3O. The van der Waals surface area contributed by atoms with Gasteiger partial charge in [-0.2, -0.15) is 0 Å². The molecule has 0 radical (unpaired) electrons. The first-order chi connectivity index (χ1) is 8.93. The van der Waals surface area contributed by atoms with Crippen molar-refractivity contribution in [2.24, 2.45) is 5.41 Å². The minimum atomic E-state index is 0.0636. The van der Waals surface area contributed by atoms with Crippen molar-refractivity contribution in [1.82, 2.24) is 9.88 Å². The second-order valence-corrected chi connectivity index (χ2v) is 6.67. The van der Waals surface area contributed by atoms with Gasteiger partial charge in [0.15, 0.2) is 0 Å². The molecule has 1 aromatic rings. The molecule has 4 nitrogen and oxygen atoms in total. The summed E-state index contributed by atoms with van der Waals surface area (Å²) in [7, 11) is 1.78. The third kappa shape index (κ3) is 3.26. The van der Waals surface area contributed by atoms with Crippen LogP contribution in [0, 0.1) is 5.41 Å². The van der Waals surface area contributed by atoms with E-state index >= 15 is 0 Å². The normalized spacial score (nSPS) is 18.2. The number of carbonyl (C=O) groups excluding carboxylic acids is 1. The van der Waals surface area contributed by atoms with Crippen LogP contribution in [0.15, 0.2) is 16.7 Å². The zero-order valence-corrected chi connectivity index (χ0v) is 13.2. The number of piperidine rings is 1. The number of aromatic nitrogens is 1. The minimum Gasteiger partial charge on any atom is -0.372 e. The van der Waals surface area contributed by atoms with E-state index < -0.39 is 0 Å². The molecule has 1 amide bonds. The Balaban J connectivity index is 2.18. The van der Waals surface area contributed by atoms with E-state index in [2.05, 4.69) is 40.1 Å².